The van der Waals surface area contributed by atoms with Gasteiger partial charge in [0.2, 0.25) is 0 Å². The predicted octanol–water partition coefficient (Wildman–Crippen LogP) is 0.397. The van der Waals surface area contributed by atoms with Crippen LogP contribution in [0.3, 0.4) is 0 Å². The number of pyridine rings is 1. The van der Waals surface area contributed by atoms with Gasteiger partial charge in [-0.25, -0.2) is 9.97 Å². The van der Waals surface area contributed by atoms with Crippen LogP contribution in [0.5, 0.6) is 0 Å². The topological polar surface area (TPSA) is 98.8 Å². The Hall–Kier alpha value is -3.10. The van der Waals surface area contributed by atoms with Crippen molar-refractivity contribution >= 4 is 16.9 Å². The molecule has 0 aliphatic carbocycles. The summed E-state index contributed by atoms with van der Waals surface area (Å²) >= 11 is 0. The Morgan fingerprint density at radius 2 is 2.04 bits per heavy atom. The molecule has 1 saturated heterocycles. The Morgan fingerprint density at radius 1 is 1.24 bits per heavy atom. The number of nitrogens with zero attached hydrogens (tertiary/aromatic N) is 7. The molecule has 0 radical (unpaired) electrons. The minimum absolute atomic E-state index is 0.0236. The first kappa shape index (κ1) is 15.4. The molecule has 9 heteroatoms. The van der Waals surface area contributed by atoms with Gasteiger partial charge < -0.3 is 4.90 Å². The Bertz CT molecular complexity index is 985. The molecule has 1 aliphatic heterocycles. The molecule has 0 aromatic carbocycles. The number of piperidine rings is 1. The monoisotopic (exact) mass is 339 g/mol. The van der Waals surface area contributed by atoms with E-state index in [1.54, 1.807) is 47.4 Å². The molecule has 128 valence electrons. The summed E-state index contributed by atoms with van der Waals surface area (Å²) in [5.74, 6) is -0.125. The number of aryl methyl sites for hydroxylation is 1. The van der Waals surface area contributed by atoms with Crippen LogP contribution >= 0.6 is 0 Å². The number of carbonyl (C=O) groups excluding carboxylic acids is 1. The minimum atomic E-state index is -0.125. The van der Waals surface area contributed by atoms with Gasteiger partial charge in [-0.3, -0.25) is 18.8 Å². The van der Waals surface area contributed by atoms with Crippen LogP contribution in [-0.2, 0) is 7.05 Å². The van der Waals surface area contributed by atoms with Crippen LogP contribution in [0.2, 0.25) is 0 Å². The molecule has 4 rings (SSSR count). The van der Waals surface area contributed by atoms with Crippen molar-refractivity contribution in [3.63, 3.8) is 0 Å². The molecule has 0 N–H and O–H groups in total. The van der Waals surface area contributed by atoms with Gasteiger partial charge in [-0.2, -0.15) is 0 Å². The molecule has 0 unspecified atom stereocenters. The third-order valence-electron chi connectivity index (χ3n) is 4.52. The van der Waals surface area contributed by atoms with E-state index in [0.29, 0.717) is 42.7 Å². The second-order valence-corrected chi connectivity index (χ2v) is 6.13. The average Bonchev–Trinajstić information content (AvgIpc) is 3.08. The summed E-state index contributed by atoms with van der Waals surface area (Å²) in [6.07, 6.45) is 6.18. The number of likely N-dealkylation sites (tertiary alicyclic amines) is 1. The first-order chi connectivity index (χ1) is 12.1. The summed E-state index contributed by atoms with van der Waals surface area (Å²) in [4.78, 5) is 35.2. The smallest absolute Gasteiger partial charge is 0.276 e. The van der Waals surface area contributed by atoms with Crippen LogP contribution in [0.25, 0.3) is 11.0 Å². The summed E-state index contributed by atoms with van der Waals surface area (Å²) in [6.45, 7) is 1.13. The zero-order chi connectivity index (χ0) is 17.4. The maximum absolute atomic E-state index is 12.6. The van der Waals surface area contributed by atoms with Crippen molar-refractivity contribution in [2.75, 3.05) is 13.1 Å². The Labute approximate surface area is 142 Å². The van der Waals surface area contributed by atoms with Crippen molar-refractivity contribution < 1.29 is 4.79 Å². The lowest BCUT2D eigenvalue weighted by molar-refractivity contribution is 0.0687. The van der Waals surface area contributed by atoms with Gasteiger partial charge in [0.05, 0.1) is 11.6 Å². The fraction of sp³-hybridized carbons (Fsp3) is 0.375. The van der Waals surface area contributed by atoms with Gasteiger partial charge >= 0.3 is 0 Å². The summed E-state index contributed by atoms with van der Waals surface area (Å²) < 4.78 is 3.17. The van der Waals surface area contributed by atoms with Crippen molar-refractivity contribution in [3.8, 4) is 0 Å². The number of fused-ring (bicyclic) bond motifs is 1. The summed E-state index contributed by atoms with van der Waals surface area (Å²) in [5, 5.41) is 8.18. The first-order valence-electron chi connectivity index (χ1n) is 8.11. The van der Waals surface area contributed by atoms with E-state index >= 15 is 0 Å². The molecule has 25 heavy (non-hydrogen) atoms. The van der Waals surface area contributed by atoms with E-state index in [4.69, 9.17) is 0 Å². The number of rotatable bonds is 2. The standard InChI is InChI=1S/C16H17N7O2/c1-21-9-13(19-20-21)16(25)22-7-4-11(5-8-22)23-10-18-14-12(15(23)24)3-2-6-17-14/h2-3,6,9-11H,4-5,7-8H2,1H3. The van der Waals surface area contributed by atoms with Crippen molar-refractivity contribution in [3.05, 3.63) is 46.9 Å². The van der Waals surface area contributed by atoms with Gasteiger partial charge in [-0.15, -0.1) is 5.10 Å². The molecule has 0 spiro atoms. The molecular formula is C16H17N7O2. The van der Waals surface area contributed by atoms with Crippen LogP contribution in [0, 0.1) is 0 Å². The van der Waals surface area contributed by atoms with E-state index in [9.17, 15) is 9.59 Å². The molecule has 0 atom stereocenters. The van der Waals surface area contributed by atoms with Crippen LogP contribution in [0.4, 0.5) is 0 Å². The number of amides is 1. The van der Waals surface area contributed by atoms with E-state index < -0.39 is 0 Å². The lowest BCUT2D eigenvalue weighted by atomic mass is 10.0. The van der Waals surface area contributed by atoms with Crippen LogP contribution in [0.15, 0.2) is 35.6 Å². The maximum atomic E-state index is 12.6. The highest BCUT2D eigenvalue weighted by Crippen LogP contribution is 2.22. The Balaban J connectivity index is 1.51. The highest BCUT2D eigenvalue weighted by atomic mass is 16.2. The maximum Gasteiger partial charge on any atom is 0.276 e. The molecular weight excluding hydrogens is 322 g/mol. The lowest BCUT2D eigenvalue weighted by Crippen LogP contribution is -2.41. The largest absolute Gasteiger partial charge is 0.337 e. The SMILES string of the molecule is Cn1cc(C(=O)N2CCC(n3cnc4ncccc4c3=O)CC2)nn1. The normalized spacial score (nSPS) is 15.6. The fourth-order valence-corrected chi connectivity index (χ4v) is 3.19. The molecule has 1 amide bonds. The van der Waals surface area contributed by atoms with Gasteiger partial charge in [0.1, 0.15) is 6.33 Å². The van der Waals surface area contributed by atoms with E-state index in [1.165, 1.54) is 4.68 Å². The van der Waals surface area contributed by atoms with E-state index in [0.717, 1.165) is 0 Å². The van der Waals surface area contributed by atoms with Crippen LogP contribution in [0.1, 0.15) is 29.4 Å². The molecule has 9 nitrogen and oxygen atoms in total. The van der Waals surface area contributed by atoms with Crippen molar-refractivity contribution in [2.24, 2.45) is 7.05 Å². The first-order valence-corrected chi connectivity index (χ1v) is 8.11. The highest BCUT2D eigenvalue weighted by Gasteiger charge is 2.26. The number of carbonyl (C=O) groups is 1. The van der Waals surface area contributed by atoms with Gasteiger partial charge in [0.15, 0.2) is 11.3 Å². The number of hydrogen-bond acceptors (Lipinski definition) is 6. The second-order valence-electron chi connectivity index (χ2n) is 6.13. The number of aromatic nitrogens is 6. The quantitative estimate of drug-likeness (QED) is 0.670. The molecule has 1 fully saturated rings. The summed E-state index contributed by atoms with van der Waals surface area (Å²) in [6, 6.07) is 3.49. The van der Waals surface area contributed by atoms with Crippen molar-refractivity contribution in [1.82, 2.24) is 34.4 Å². The zero-order valence-electron chi connectivity index (χ0n) is 13.7. The number of hydrogen-bond donors (Lipinski definition) is 0. The summed E-state index contributed by atoms with van der Waals surface area (Å²) in [7, 11) is 1.73. The van der Waals surface area contributed by atoms with Gasteiger partial charge in [0, 0.05) is 32.4 Å². The molecule has 3 aromatic rings. The second kappa shape index (κ2) is 6.08. The average molecular weight is 339 g/mol. The van der Waals surface area contributed by atoms with E-state index in [-0.39, 0.29) is 17.5 Å². The minimum Gasteiger partial charge on any atom is -0.337 e. The zero-order valence-corrected chi connectivity index (χ0v) is 13.7. The van der Waals surface area contributed by atoms with Crippen molar-refractivity contribution in [1.29, 1.82) is 0 Å². The van der Waals surface area contributed by atoms with E-state index in [1.807, 2.05) is 0 Å². The molecule has 3 aromatic heterocycles. The fourth-order valence-electron chi connectivity index (χ4n) is 3.19. The highest BCUT2D eigenvalue weighted by molar-refractivity contribution is 5.92. The predicted molar refractivity (Wildman–Crippen MR) is 89.0 cm³/mol. The van der Waals surface area contributed by atoms with Crippen LogP contribution in [-0.4, -0.2) is 53.4 Å². The van der Waals surface area contributed by atoms with E-state index in [2.05, 4.69) is 20.3 Å². The van der Waals surface area contributed by atoms with Crippen LogP contribution < -0.4 is 5.56 Å². The van der Waals surface area contributed by atoms with Gasteiger partial charge in [-0.05, 0) is 25.0 Å². The Kier molecular flexibility index (Phi) is 3.75. The lowest BCUT2D eigenvalue weighted by Gasteiger charge is -2.32. The molecule has 0 bridgehead atoms. The van der Waals surface area contributed by atoms with Crippen molar-refractivity contribution in [2.45, 2.75) is 18.9 Å². The molecule has 4 heterocycles. The third kappa shape index (κ3) is 2.77. The van der Waals surface area contributed by atoms with Gasteiger partial charge in [0.25, 0.3) is 11.5 Å². The third-order valence-corrected chi connectivity index (χ3v) is 4.52. The molecule has 0 saturated carbocycles. The Morgan fingerprint density at radius 3 is 2.76 bits per heavy atom. The van der Waals surface area contributed by atoms with Gasteiger partial charge in [-0.1, -0.05) is 5.21 Å². The summed E-state index contributed by atoms with van der Waals surface area (Å²) in [5.41, 5.74) is 0.715. The molecule has 1 aliphatic rings.